The molecule has 17 heteroatoms. The summed E-state index contributed by atoms with van der Waals surface area (Å²) in [6.45, 7) is 13.5. The minimum absolute atomic E-state index is 0.0594. The first-order valence-corrected chi connectivity index (χ1v) is 27.8. The Labute approximate surface area is 438 Å². The van der Waals surface area contributed by atoms with Crippen LogP contribution in [0.3, 0.4) is 0 Å². The SMILES string of the molecule is CCc1cccc2cc(O)cc(-c3ncc4c(N5CC6CCC(C5)N6)nc(OCC5(CN6CCC7(CC6)CC(CN6CCN(c8ccc9c(c8)CN(C8CCC(=O)NC8=O)C9=O)CC6)C7)CCCN5C)nc4c3F)c12. The van der Waals surface area contributed by atoms with Gasteiger partial charge in [0.15, 0.2) is 5.82 Å². The van der Waals surface area contributed by atoms with Gasteiger partial charge in [0, 0.05) is 100 Å². The van der Waals surface area contributed by atoms with Crippen molar-refractivity contribution in [3.05, 3.63) is 77.2 Å². The second kappa shape index (κ2) is 19.2. The normalized spacial score (nSPS) is 26.5. The van der Waals surface area contributed by atoms with Gasteiger partial charge in [0.2, 0.25) is 11.8 Å². The van der Waals surface area contributed by atoms with Crippen molar-refractivity contribution in [2.24, 2.45) is 11.3 Å². The lowest BCUT2D eigenvalue weighted by Gasteiger charge is -2.54. The quantitative estimate of drug-likeness (QED) is 0.123. The summed E-state index contributed by atoms with van der Waals surface area (Å²) in [5.74, 6) is 0.124. The van der Waals surface area contributed by atoms with Gasteiger partial charge in [-0.05, 0) is 154 Å². The maximum atomic E-state index is 17.4. The Balaban J connectivity index is 0.647. The molecule has 3 aromatic carbocycles. The molecule has 7 aliphatic heterocycles. The van der Waals surface area contributed by atoms with Crippen molar-refractivity contribution in [3.8, 4) is 23.0 Å². The highest BCUT2D eigenvalue weighted by Crippen LogP contribution is 2.53. The number of likely N-dealkylation sites (N-methyl/N-ethyl adjacent to an activating group) is 1. The van der Waals surface area contributed by atoms with E-state index in [9.17, 15) is 19.5 Å². The molecule has 1 aliphatic carbocycles. The number of hydrogen-bond donors (Lipinski definition) is 3. The smallest absolute Gasteiger partial charge is 0.319 e. The molecular formula is C58H70FN11O5. The number of anilines is 2. The van der Waals surface area contributed by atoms with E-state index in [2.05, 4.69) is 55.2 Å². The molecule has 16 nitrogen and oxygen atoms in total. The van der Waals surface area contributed by atoms with Crippen LogP contribution in [0.4, 0.5) is 15.9 Å². The van der Waals surface area contributed by atoms with E-state index in [1.54, 1.807) is 23.2 Å². The third-order valence-corrected chi connectivity index (χ3v) is 18.9. The fraction of sp³-hybridized carbons (Fsp3) is 0.552. The summed E-state index contributed by atoms with van der Waals surface area (Å²) in [7, 11) is 2.22. The molecule has 2 aromatic heterocycles. The number of phenolic OH excluding ortho intramolecular Hbond substituents is 1. The van der Waals surface area contributed by atoms with E-state index in [0.29, 0.717) is 59.4 Å². The van der Waals surface area contributed by atoms with Gasteiger partial charge in [-0.2, -0.15) is 9.97 Å². The monoisotopic (exact) mass is 1020 g/mol. The van der Waals surface area contributed by atoms with Gasteiger partial charge in [-0.25, -0.2) is 4.39 Å². The molecule has 0 radical (unpaired) electrons. The Kier molecular flexibility index (Phi) is 12.5. The Bertz CT molecular complexity index is 3070. The molecule has 75 heavy (non-hydrogen) atoms. The van der Waals surface area contributed by atoms with Crippen LogP contribution in [0, 0.1) is 17.2 Å². The number of nitrogens with zero attached hydrogens (tertiary/aromatic N) is 9. The van der Waals surface area contributed by atoms with Crippen molar-refractivity contribution in [1.82, 2.24) is 45.2 Å². The summed E-state index contributed by atoms with van der Waals surface area (Å²) in [5, 5.41) is 19.3. The molecule has 8 aliphatic rings. The summed E-state index contributed by atoms with van der Waals surface area (Å²) in [5.41, 5.74) is 4.88. The van der Waals surface area contributed by atoms with Crippen molar-refractivity contribution in [2.45, 2.75) is 108 Å². The molecule has 4 atom stereocenters. The molecule has 13 rings (SSSR count). The number of piperidine rings is 2. The zero-order valence-electron chi connectivity index (χ0n) is 43.5. The number of aryl methyl sites for hydroxylation is 1. The lowest BCUT2D eigenvalue weighted by atomic mass is 9.57. The van der Waals surface area contributed by atoms with Crippen LogP contribution >= 0.6 is 0 Å². The average molecular weight is 1020 g/mol. The minimum Gasteiger partial charge on any atom is -0.508 e. The maximum absolute atomic E-state index is 17.4. The van der Waals surface area contributed by atoms with E-state index >= 15 is 4.39 Å². The number of nitrogens with one attached hydrogen (secondary N) is 2. The van der Waals surface area contributed by atoms with E-state index in [4.69, 9.17) is 19.7 Å². The van der Waals surface area contributed by atoms with Crippen molar-refractivity contribution in [2.75, 3.05) is 95.4 Å². The highest BCUT2D eigenvalue weighted by Gasteiger charge is 2.49. The molecule has 2 bridgehead atoms. The first-order valence-electron chi connectivity index (χ1n) is 27.8. The Morgan fingerprint density at radius 3 is 2.41 bits per heavy atom. The number of likely N-dealkylation sites (tertiary alicyclic amines) is 2. The number of amides is 3. The van der Waals surface area contributed by atoms with Gasteiger partial charge in [-0.15, -0.1) is 0 Å². The number of carbonyl (C=O) groups excluding carboxylic acids is 3. The molecule has 3 N–H and O–H groups in total. The van der Waals surface area contributed by atoms with Crippen LogP contribution in [-0.4, -0.2) is 167 Å². The van der Waals surface area contributed by atoms with Crippen LogP contribution in [0.15, 0.2) is 54.7 Å². The van der Waals surface area contributed by atoms with Crippen molar-refractivity contribution >= 4 is 50.9 Å². The number of ether oxygens (including phenoxy) is 1. The molecule has 9 heterocycles. The molecule has 4 unspecified atom stereocenters. The lowest BCUT2D eigenvalue weighted by molar-refractivity contribution is -0.136. The van der Waals surface area contributed by atoms with Crippen molar-refractivity contribution < 1.29 is 28.6 Å². The highest BCUT2D eigenvalue weighted by atomic mass is 19.1. The van der Waals surface area contributed by atoms with Crippen LogP contribution in [0.2, 0.25) is 0 Å². The lowest BCUT2D eigenvalue weighted by Crippen LogP contribution is -2.58. The highest BCUT2D eigenvalue weighted by molar-refractivity contribution is 6.06. The Morgan fingerprint density at radius 2 is 1.67 bits per heavy atom. The number of aromatic nitrogens is 3. The minimum atomic E-state index is -0.602. The number of benzene rings is 3. The van der Waals surface area contributed by atoms with E-state index in [-0.39, 0.29) is 52.7 Å². The fourth-order valence-corrected chi connectivity index (χ4v) is 14.8. The molecule has 6 saturated heterocycles. The first kappa shape index (κ1) is 48.6. The van der Waals surface area contributed by atoms with Crippen LogP contribution in [0.1, 0.15) is 92.6 Å². The standard InChI is InChI=1S/C58H70FN11O5/c1-3-37-6-4-7-38-25-43(71)26-45(49(37)38)51-50(59)52-46(29-60-51)53(69-32-40-8-9-41(33-69)61-40)64-56(63-52)75-35-58(14-5-17-65(58)2)34-67-18-15-57(16-19-67)27-36(28-57)30-66-20-22-68(23-21-66)42-10-11-44-39(24-42)31-70(55(44)74)47-12-13-48(72)62-54(47)73/h4,6-7,10-11,24-26,29,36,40-41,47,61,71H,3,5,8-9,12-23,27-28,30-35H2,1-2H3,(H,62,72,73). The number of phenols is 1. The molecule has 394 valence electrons. The fourth-order valence-electron chi connectivity index (χ4n) is 14.8. The zero-order chi connectivity index (χ0) is 51.2. The average Bonchev–Trinajstić information content (AvgIpc) is 4.06. The Hall–Kier alpha value is -6.01. The maximum Gasteiger partial charge on any atom is 0.319 e. The van der Waals surface area contributed by atoms with Gasteiger partial charge in [0.1, 0.15) is 35.4 Å². The summed E-state index contributed by atoms with van der Waals surface area (Å²) in [6.07, 6.45) is 12.4. The summed E-state index contributed by atoms with van der Waals surface area (Å²) < 4.78 is 24.2. The predicted octanol–water partition coefficient (Wildman–Crippen LogP) is 6.11. The largest absolute Gasteiger partial charge is 0.508 e. The third-order valence-electron chi connectivity index (χ3n) is 18.9. The predicted molar refractivity (Wildman–Crippen MR) is 285 cm³/mol. The first-order chi connectivity index (χ1) is 36.4. The van der Waals surface area contributed by atoms with E-state index in [1.165, 1.54) is 25.7 Å². The number of fused-ring (bicyclic) bond motifs is 5. The number of aromatic hydroxyl groups is 1. The number of carbonyl (C=O) groups is 3. The number of rotatable bonds is 12. The summed E-state index contributed by atoms with van der Waals surface area (Å²) in [4.78, 5) is 66.4. The molecule has 1 spiro atoms. The molecule has 7 fully saturated rings. The molecular weight excluding hydrogens is 950 g/mol. The van der Waals surface area contributed by atoms with Crippen LogP contribution in [0.5, 0.6) is 11.8 Å². The van der Waals surface area contributed by atoms with Crippen LogP contribution in [0.25, 0.3) is 32.9 Å². The van der Waals surface area contributed by atoms with E-state index in [0.717, 1.165) is 138 Å². The number of hydrogen-bond acceptors (Lipinski definition) is 14. The Morgan fingerprint density at radius 1 is 0.867 bits per heavy atom. The number of halogens is 1. The van der Waals surface area contributed by atoms with Gasteiger partial charge in [-0.1, -0.05) is 25.1 Å². The third kappa shape index (κ3) is 8.94. The second-order valence-electron chi connectivity index (χ2n) is 23.5. The van der Waals surface area contributed by atoms with Gasteiger partial charge in [-0.3, -0.25) is 34.5 Å². The van der Waals surface area contributed by atoms with E-state index < -0.39 is 11.9 Å². The van der Waals surface area contributed by atoms with Gasteiger partial charge < -0.3 is 34.8 Å². The molecule has 5 aromatic rings. The topological polar surface area (TPSA) is 163 Å². The van der Waals surface area contributed by atoms with Crippen molar-refractivity contribution in [1.29, 1.82) is 0 Å². The van der Waals surface area contributed by atoms with Gasteiger partial charge in [0.25, 0.3) is 5.91 Å². The molecule has 1 saturated carbocycles. The number of pyridine rings is 1. The number of piperazine rings is 2. The van der Waals surface area contributed by atoms with Crippen molar-refractivity contribution in [3.63, 3.8) is 0 Å². The van der Waals surface area contributed by atoms with Gasteiger partial charge in [0.05, 0.1) is 10.9 Å². The van der Waals surface area contributed by atoms with E-state index in [1.807, 2.05) is 30.3 Å². The van der Waals surface area contributed by atoms with Crippen LogP contribution in [-0.2, 0) is 22.6 Å². The summed E-state index contributed by atoms with van der Waals surface area (Å²) >= 11 is 0. The number of imide groups is 1. The van der Waals surface area contributed by atoms with Gasteiger partial charge >= 0.3 is 6.01 Å². The summed E-state index contributed by atoms with van der Waals surface area (Å²) in [6, 6.07) is 15.7. The molecule has 3 amide bonds. The van der Waals surface area contributed by atoms with Crippen LogP contribution < -0.4 is 25.2 Å². The zero-order valence-corrected chi connectivity index (χ0v) is 43.5. The second-order valence-corrected chi connectivity index (χ2v) is 23.5.